The maximum Gasteiger partial charge on any atom is 0.130 e. The van der Waals surface area contributed by atoms with Crippen LogP contribution in [0.25, 0.3) is 0 Å². The van der Waals surface area contributed by atoms with Crippen LogP contribution in [0.2, 0.25) is 0 Å². The van der Waals surface area contributed by atoms with Gasteiger partial charge >= 0.3 is 0 Å². The lowest BCUT2D eigenvalue weighted by Crippen LogP contribution is -2.24. The SMILES string of the molecule is CCNC(Cc1cnn(CC)c1)c1cc(C)c(F)cc1F. The zero-order valence-corrected chi connectivity index (χ0v) is 12.7. The van der Waals surface area contributed by atoms with E-state index in [-0.39, 0.29) is 6.04 Å². The molecule has 5 heteroatoms. The van der Waals surface area contributed by atoms with Crippen LogP contribution in [0.1, 0.15) is 36.6 Å². The molecule has 0 aliphatic carbocycles. The fourth-order valence-corrected chi connectivity index (χ4v) is 2.41. The minimum atomic E-state index is -0.509. The number of rotatable bonds is 6. The fraction of sp³-hybridized carbons (Fsp3) is 0.438. The van der Waals surface area contributed by atoms with Gasteiger partial charge in [-0.05, 0) is 44.0 Å². The first-order chi connectivity index (χ1) is 10.0. The molecular weight excluding hydrogens is 272 g/mol. The van der Waals surface area contributed by atoms with Gasteiger partial charge in [0.15, 0.2) is 0 Å². The number of aryl methyl sites for hydroxylation is 2. The highest BCUT2D eigenvalue weighted by atomic mass is 19.1. The third-order valence-corrected chi connectivity index (χ3v) is 3.55. The van der Waals surface area contributed by atoms with Crippen LogP contribution in [0.3, 0.4) is 0 Å². The molecule has 1 aromatic carbocycles. The molecule has 21 heavy (non-hydrogen) atoms. The van der Waals surface area contributed by atoms with Crippen LogP contribution in [-0.2, 0) is 13.0 Å². The summed E-state index contributed by atoms with van der Waals surface area (Å²) in [4.78, 5) is 0. The van der Waals surface area contributed by atoms with Crippen LogP contribution in [0, 0.1) is 18.6 Å². The van der Waals surface area contributed by atoms with Crippen molar-refractivity contribution in [2.24, 2.45) is 0 Å². The topological polar surface area (TPSA) is 29.9 Å². The highest BCUT2D eigenvalue weighted by Crippen LogP contribution is 2.24. The van der Waals surface area contributed by atoms with Gasteiger partial charge in [0.05, 0.1) is 6.20 Å². The summed E-state index contributed by atoms with van der Waals surface area (Å²) in [5, 5.41) is 7.49. The monoisotopic (exact) mass is 293 g/mol. The molecule has 2 aromatic rings. The van der Waals surface area contributed by atoms with Crippen molar-refractivity contribution in [3.05, 3.63) is 52.9 Å². The highest BCUT2D eigenvalue weighted by molar-refractivity contribution is 5.29. The predicted molar refractivity (Wildman–Crippen MR) is 79.1 cm³/mol. The molecule has 0 saturated heterocycles. The quantitative estimate of drug-likeness (QED) is 0.885. The zero-order valence-electron chi connectivity index (χ0n) is 12.7. The van der Waals surface area contributed by atoms with Crippen molar-refractivity contribution < 1.29 is 8.78 Å². The lowest BCUT2D eigenvalue weighted by molar-refractivity contribution is 0.500. The molecule has 0 radical (unpaired) electrons. The summed E-state index contributed by atoms with van der Waals surface area (Å²) in [7, 11) is 0. The van der Waals surface area contributed by atoms with Crippen molar-refractivity contribution in [2.75, 3.05) is 6.54 Å². The lowest BCUT2D eigenvalue weighted by atomic mass is 9.98. The van der Waals surface area contributed by atoms with Crippen molar-refractivity contribution in [2.45, 2.75) is 39.8 Å². The Morgan fingerprint density at radius 1 is 1.24 bits per heavy atom. The van der Waals surface area contributed by atoms with Crippen LogP contribution < -0.4 is 5.32 Å². The summed E-state index contributed by atoms with van der Waals surface area (Å²) in [6.45, 7) is 7.15. The second-order valence-electron chi connectivity index (χ2n) is 5.14. The summed E-state index contributed by atoms with van der Waals surface area (Å²) in [5.41, 5.74) is 1.99. The highest BCUT2D eigenvalue weighted by Gasteiger charge is 2.18. The number of nitrogens with one attached hydrogen (secondary N) is 1. The average molecular weight is 293 g/mol. The van der Waals surface area contributed by atoms with E-state index >= 15 is 0 Å². The fourth-order valence-electron chi connectivity index (χ4n) is 2.41. The lowest BCUT2D eigenvalue weighted by Gasteiger charge is -2.19. The van der Waals surface area contributed by atoms with Gasteiger partial charge < -0.3 is 5.32 Å². The zero-order chi connectivity index (χ0) is 15.4. The summed E-state index contributed by atoms with van der Waals surface area (Å²) in [6.07, 6.45) is 4.37. The molecule has 1 heterocycles. The van der Waals surface area contributed by atoms with Gasteiger partial charge in [-0.25, -0.2) is 8.78 Å². The molecule has 2 rings (SSSR count). The number of nitrogens with zero attached hydrogens (tertiary/aromatic N) is 2. The Kier molecular flexibility index (Phi) is 5.07. The van der Waals surface area contributed by atoms with Crippen LogP contribution in [0.15, 0.2) is 24.5 Å². The molecule has 1 N–H and O–H groups in total. The first kappa shape index (κ1) is 15.6. The molecule has 1 unspecified atom stereocenters. The summed E-state index contributed by atoms with van der Waals surface area (Å²) in [5.74, 6) is -1.02. The average Bonchev–Trinajstić information content (AvgIpc) is 2.90. The van der Waals surface area contributed by atoms with Gasteiger partial charge in [-0.1, -0.05) is 6.92 Å². The third-order valence-electron chi connectivity index (χ3n) is 3.55. The van der Waals surface area contributed by atoms with E-state index in [1.54, 1.807) is 19.2 Å². The summed E-state index contributed by atoms with van der Waals surface area (Å²) >= 11 is 0. The Labute approximate surface area is 124 Å². The number of benzene rings is 1. The van der Waals surface area contributed by atoms with Gasteiger partial charge in [0.1, 0.15) is 11.6 Å². The number of likely N-dealkylation sites (N-methyl/N-ethyl adjacent to an activating group) is 1. The van der Waals surface area contributed by atoms with Gasteiger partial charge in [-0.15, -0.1) is 0 Å². The first-order valence-electron chi connectivity index (χ1n) is 7.25. The van der Waals surface area contributed by atoms with Gasteiger partial charge in [0, 0.05) is 30.4 Å². The van der Waals surface area contributed by atoms with Crippen molar-refractivity contribution in [3.63, 3.8) is 0 Å². The maximum absolute atomic E-state index is 14.1. The van der Waals surface area contributed by atoms with Crippen LogP contribution in [0.4, 0.5) is 8.78 Å². The van der Waals surface area contributed by atoms with E-state index in [0.717, 1.165) is 18.2 Å². The largest absolute Gasteiger partial charge is 0.310 e. The van der Waals surface area contributed by atoms with Crippen molar-refractivity contribution in [1.29, 1.82) is 0 Å². The Bertz CT molecular complexity index is 608. The minimum absolute atomic E-state index is 0.191. The van der Waals surface area contributed by atoms with Crippen molar-refractivity contribution >= 4 is 0 Å². The molecule has 1 aromatic heterocycles. The normalized spacial score (nSPS) is 12.6. The Balaban J connectivity index is 2.28. The standard InChI is InChI=1S/C16H21F2N3/c1-4-19-16(7-12-9-20-21(5-2)10-12)13-6-11(3)14(17)8-15(13)18/h6,8-10,16,19H,4-5,7H2,1-3H3. The third kappa shape index (κ3) is 3.67. The van der Waals surface area contributed by atoms with Gasteiger partial charge in [-0.2, -0.15) is 5.10 Å². The minimum Gasteiger partial charge on any atom is -0.310 e. The van der Waals surface area contributed by atoms with Crippen LogP contribution in [-0.4, -0.2) is 16.3 Å². The molecule has 0 fully saturated rings. The Morgan fingerprint density at radius 3 is 2.62 bits per heavy atom. The molecule has 114 valence electrons. The Hall–Kier alpha value is -1.75. The molecule has 0 bridgehead atoms. The van der Waals surface area contributed by atoms with E-state index in [9.17, 15) is 8.78 Å². The second-order valence-corrected chi connectivity index (χ2v) is 5.14. The van der Waals surface area contributed by atoms with Crippen LogP contribution in [0.5, 0.6) is 0 Å². The summed E-state index contributed by atoms with van der Waals surface area (Å²) < 4.78 is 29.3. The first-order valence-corrected chi connectivity index (χ1v) is 7.25. The van der Waals surface area contributed by atoms with Gasteiger partial charge in [0.2, 0.25) is 0 Å². The predicted octanol–water partition coefficient (Wildman–Crippen LogP) is 3.38. The molecule has 0 amide bonds. The van der Waals surface area contributed by atoms with Crippen LogP contribution >= 0.6 is 0 Å². The van der Waals surface area contributed by atoms with Crippen molar-refractivity contribution in [3.8, 4) is 0 Å². The number of aromatic nitrogens is 2. The second kappa shape index (κ2) is 6.80. The summed E-state index contributed by atoms with van der Waals surface area (Å²) in [6, 6.07) is 2.36. The number of hydrogen-bond acceptors (Lipinski definition) is 2. The molecule has 0 aliphatic rings. The molecule has 0 saturated carbocycles. The van der Waals surface area contributed by atoms with Gasteiger partial charge in [0.25, 0.3) is 0 Å². The number of halogens is 2. The molecule has 1 atom stereocenters. The van der Waals surface area contributed by atoms with Gasteiger partial charge in [-0.3, -0.25) is 4.68 Å². The molecular formula is C16H21F2N3. The Morgan fingerprint density at radius 2 is 2.00 bits per heavy atom. The van der Waals surface area contributed by atoms with E-state index in [4.69, 9.17) is 0 Å². The van der Waals surface area contributed by atoms with E-state index in [0.29, 0.717) is 24.1 Å². The maximum atomic E-state index is 14.1. The van der Waals surface area contributed by atoms with E-state index < -0.39 is 11.6 Å². The van der Waals surface area contributed by atoms with E-state index in [1.165, 1.54) is 0 Å². The van der Waals surface area contributed by atoms with E-state index in [2.05, 4.69) is 10.4 Å². The number of hydrogen-bond donors (Lipinski definition) is 1. The molecule has 0 spiro atoms. The smallest absolute Gasteiger partial charge is 0.130 e. The van der Waals surface area contributed by atoms with Crippen molar-refractivity contribution in [1.82, 2.24) is 15.1 Å². The molecule has 0 aliphatic heterocycles. The van der Waals surface area contributed by atoms with E-state index in [1.807, 2.05) is 24.7 Å². The molecule has 3 nitrogen and oxygen atoms in total.